The zero-order valence-electron chi connectivity index (χ0n) is 39.2. The van der Waals surface area contributed by atoms with Gasteiger partial charge in [0.15, 0.2) is 11.6 Å². The van der Waals surface area contributed by atoms with Crippen LogP contribution >= 0.6 is 0 Å². The number of imidazole rings is 2. The number of ketones is 2. The first-order valence-corrected chi connectivity index (χ1v) is 22.1. The summed E-state index contributed by atoms with van der Waals surface area (Å²) >= 11 is 0. The van der Waals surface area contributed by atoms with Gasteiger partial charge in [0.1, 0.15) is 28.6 Å². The summed E-state index contributed by atoms with van der Waals surface area (Å²) in [5.74, 6) is 0.0645. The molecule has 0 bridgehead atoms. The Morgan fingerprint density at radius 2 is 1.10 bits per heavy atom. The number of rotatable bonds is 10. The summed E-state index contributed by atoms with van der Waals surface area (Å²) in [4.78, 5) is 76.0. The molecule has 0 saturated carbocycles. The van der Waals surface area contributed by atoms with Gasteiger partial charge in [-0.05, 0) is 51.0 Å². The van der Waals surface area contributed by atoms with E-state index in [2.05, 4.69) is 20.5 Å². The van der Waals surface area contributed by atoms with Crippen molar-refractivity contribution >= 4 is 29.5 Å². The lowest BCUT2D eigenvalue weighted by Crippen LogP contribution is -2.38. The van der Waals surface area contributed by atoms with Crippen molar-refractivity contribution in [2.75, 3.05) is 27.2 Å². The van der Waals surface area contributed by atoms with Crippen LogP contribution in [0.1, 0.15) is 120 Å². The van der Waals surface area contributed by atoms with Crippen LogP contribution in [-0.2, 0) is 40.5 Å². The third-order valence-electron chi connectivity index (χ3n) is 11.6. The van der Waals surface area contributed by atoms with Gasteiger partial charge >= 0.3 is 6.09 Å². The van der Waals surface area contributed by atoms with E-state index in [4.69, 9.17) is 14.7 Å². The molecule has 340 valence electrons. The van der Waals surface area contributed by atoms with Crippen molar-refractivity contribution in [3.05, 3.63) is 83.4 Å². The Labute approximate surface area is 373 Å². The maximum atomic E-state index is 13.7. The number of hydrogen-bond donors (Lipinski definition) is 3. The molecule has 2 atom stereocenters. The van der Waals surface area contributed by atoms with E-state index in [-0.39, 0.29) is 48.2 Å². The highest BCUT2D eigenvalue weighted by atomic mass is 16.6. The topological polar surface area (TPSA) is 170 Å². The minimum absolute atomic E-state index is 0.0356. The Balaban J connectivity index is 0.000000243. The highest BCUT2D eigenvalue weighted by Gasteiger charge is 2.37. The average Bonchev–Trinajstić information content (AvgIpc) is 3.55. The van der Waals surface area contributed by atoms with Gasteiger partial charge in [0.2, 0.25) is 11.8 Å². The molecule has 4 aromatic rings. The smallest absolute Gasteiger partial charge is 0.410 e. The predicted molar refractivity (Wildman–Crippen MR) is 245 cm³/mol. The van der Waals surface area contributed by atoms with E-state index in [1.807, 2.05) is 128 Å². The van der Waals surface area contributed by atoms with Crippen molar-refractivity contribution in [1.82, 2.24) is 40.0 Å². The summed E-state index contributed by atoms with van der Waals surface area (Å²) in [5, 5.41) is 8.78. The number of ether oxygens (including phenoxy) is 1. The molecule has 2 aromatic carbocycles. The average molecular weight is 865 g/mol. The maximum absolute atomic E-state index is 13.7. The fourth-order valence-electron chi connectivity index (χ4n) is 8.08. The first kappa shape index (κ1) is 48.4. The summed E-state index contributed by atoms with van der Waals surface area (Å²) < 4.78 is 9.82. The van der Waals surface area contributed by atoms with Gasteiger partial charge in [-0.1, -0.05) is 102 Å². The molecule has 6 rings (SSSR count). The van der Waals surface area contributed by atoms with Crippen LogP contribution < -0.4 is 16.0 Å². The van der Waals surface area contributed by atoms with Gasteiger partial charge in [0.05, 0.1) is 29.8 Å². The van der Waals surface area contributed by atoms with E-state index in [1.54, 1.807) is 19.0 Å². The largest absolute Gasteiger partial charge is 0.444 e. The van der Waals surface area contributed by atoms with Gasteiger partial charge in [-0.25, -0.2) is 14.8 Å². The number of nitrogens with one attached hydrogen (secondary N) is 3. The van der Waals surface area contributed by atoms with Crippen molar-refractivity contribution in [3.8, 4) is 22.8 Å². The van der Waals surface area contributed by atoms with Crippen LogP contribution in [0.3, 0.4) is 0 Å². The van der Waals surface area contributed by atoms with Crippen molar-refractivity contribution in [2.45, 2.75) is 120 Å². The van der Waals surface area contributed by atoms with Crippen LogP contribution in [0.4, 0.5) is 4.79 Å². The van der Waals surface area contributed by atoms with Crippen molar-refractivity contribution < 1.29 is 28.7 Å². The van der Waals surface area contributed by atoms with Crippen molar-refractivity contribution in [1.29, 1.82) is 0 Å². The number of nitrogens with zero attached hydrogens (tertiary/aromatic N) is 5. The normalized spacial score (nSPS) is 15.3. The molecule has 3 N–H and O–H groups in total. The summed E-state index contributed by atoms with van der Waals surface area (Å²) in [7, 11) is 3.20. The van der Waals surface area contributed by atoms with E-state index >= 15 is 0 Å². The van der Waals surface area contributed by atoms with E-state index in [1.165, 1.54) is 0 Å². The van der Waals surface area contributed by atoms with E-state index in [9.17, 15) is 24.0 Å². The molecule has 63 heavy (non-hydrogen) atoms. The molecule has 0 saturated heterocycles. The van der Waals surface area contributed by atoms with Gasteiger partial charge in [-0.3, -0.25) is 19.2 Å². The van der Waals surface area contributed by atoms with Crippen LogP contribution in [0.25, 0.3) is 22.8 Å². The lowest BCUT2D eigenvalue weighted by Gasteiger charge is -2.28. The summed E-state index contributed by atoms with van der Waals surface area (Å²) in [6, 6.07) is 19.7. The van der Waals surface area contributed by atoms with Crippen molar-refractivity contribution in [2.24, 2.45) is 22.7 Å². The second-order valence-corrected chi connectivity index (χ2v) is 19.6. The standard InChI is InChI=1S/C27H38N4O4.C22H30N4O2/c1-26(2,3)19(24(33)28-7)16-21(32)22-20-17-30(25(34)35-27(4,5)6)14-11-15-31(20)23(29-22)18-12-9-8-10-13-18;1-22(2,3)16(21(28)23-4)13-18(27)19-17-14-24-11-8-12-26(17)20(25-19)15-9-6-5-7-10-15/h8-10,12-13,19H,11,14-17H2,1-7H3,(H,28,33);5-7,9-10,16,24H,8,11-14H2,1-4H3,(H,23,28)/t19-;16-/m11/s1. The van der Waals surface area contributed by atoms with Crippen LogP contribution in [0.15, 0.2) is 60.7 Å². The van der Waals surface area contributed by atoms with Crippen molar-refractivity contribution in [3.63, 3.8) is 0 Å². The van der Waals surface area contributed by atoms with Gasteiger partial charge in [-0.2, -0.15) is 0 Å². The van der Waals surface area contributed by atoms with Gasteiger partial charge < -0.3 is 34.7 Å². The third kappa shape index (κ3) is 12.1. The molecule has 2 aliphatic heterocycles. The monoisotopic (exact) mass is 865 g/mol. The fraction of sp³-hybridized carbons (Fsp3) is 0.531. The van der Waals surface area contributed by atoms with Crippen LogP contribution in [0.2, 0.25) is 0 Å². The Bertz CT molecular complexity index is 2240. The number of benzene rings is 2. The SMILES string of the molecule is CNC(=O)[C@@H](CC(=O)c1nc(-c2ccccc2)n2c1CN(C(=O)OC(C)(C)C)CCC2)C(C)(C)C.CNC(=O)[C@@H](CC(=O)c1nc(-c2ccccc2)n2c1CNCCC2)C(C)(C)C. The second kappa shape index (κ2) is 20.3. The molecule has 2 aliphatic rings. The molecule has 0 unspecified atom stereocenters. The second-order valence-electron chi connectivity index (χ2n) is 19.6. The molecule has 0 aliphatic carbocycles. The number of aromatic nitrogens is 4. The van der Waals surface area contributed by atoms with E-state index < -0.39 is 28.9 Å². The van der Waals surface area contributed by atoms with Gasteiger partial charge in [-0.15, -0.1) is 0 Å². The van der Waals surface area contributed by atoms with Gasteiger partial charge in [0.25, 0.3) is 0 Å². The Hall–Kier alpha value is -5.63. The lowest BCUT2D eigenvalue weighted by atomic mass is 9.77. The number of Topliss-reactive ketones (excluding diaryl/α,β-unsaturated/α-hetero) is 2. The molecule has 4 heterocycles. The fourth-order valence-corrected chi connectivity index (χ4v) is 8.08. The van der Waals surface area contributed by atoms with E-state index in [0.29, 0.717) is 49.0 Å². The molecule has 0 fully saturated rings. The zero-order valence-corrected chi connectivity index (χ0v) is 39.2. The number of carbonyl (C=O) groups is 5. The first-order chi connectivity index (χ1) is 29.6. The van der Waals surface area contributed by atoms with Gasteiger partial charge in [0, 0.05) is 64.2 Å². The highest BCUT2D eigenvalue weighted by molar-refractivity contribution is 5.99. The molecule has 14 heteroatoms. The molecule has 2 aromatic heterocycles. The molecule has 14 nitrogen and oxygen atoms in total. The van der Waals surface area contributed by atoms with Crippen LogP contribution in [0.5, 0.6) is 0 Å². The third-order valence-corrected chi connectivity index (χ3v) is 11.6. The number of hydrogen-bond acceptors (Lipinski definition) is 9. The molecular weight excluding hydrogens is 797 g/mol. The van der Waals surface area contributed by atoms with E-state index in [0.717, 1.165) is 42.2 Å². The first-order valence-electron chi connectivity index (χ1n) is 22.1. The quantitative estimate of drug-likeness (QED) is 0.135. The summed E-state index contributed by atoms with van der Waals surface area (Å²) in [6.45, 7) is 21.0. The van der Waals surface area contributed by atoms with Crippen LogP contribution in [0, 0.1) is 22.7 Å². The maximum Gasteiger partial charge on any atom is 0.410 e. The minimum atomic E-state index is -0.620. The number of carbonyl (C=O) groups excluding carboxylic acids is 5. The van der Waals surface area contributed by atoms with Crippen LogP contribution in [-0.4, -0.2) is 86.3 Å². The summed E-state index contributed by atoms with van der Waals surface area (Å²) in [5.41, 5.74) is 2.98. The number of amides is 3. The predicted octanol–water partition coefficient (Wildman–Crippen LogP) is 7.70. The summed E-state index contributed by atoms with van der Waals surface area (Å²) in [6.07, 6.45) is 1.47. The molecule has 0 radical (unpaired) electrons. The Kier molecular flexibility index (Phi) is 15.6. The zero-order chi connectivity index (χ0) is 46.3. The molecule has 3 amide bonds. The Morgan fingerprint density at radius 3 is 1.54 bits per heavy atom. The Morgan fingerprint density at radius 1 is 0.651 bits per heavy atom. The highest BCUT2D eigenvalue weighted by Crippen LogP contribution is 2.34. The minimum Gasteiger partial charge on any atom is -0.444 e. The molecule has 0 spiro atoms. The number of fused-ring (bicyclic) bond motifs is 2. The lowest BCUT2D eigenvalue weighted by molar-refractivity contribution is -0.128. The molecular formula is C49H68N8O6.